The molecule has 2 aliphatic rings. The van der Waals surface area contributed by atoms with Crippen LogP contribution in [0.1, 0.15) is 17.7 Å². The van der Waals surface area contributed by atoms with Crippen molar-refractivity contribution in [3.05, 3.63) is 16.2 Å². The van der Waals surface area contributed by atoms with Gasteiger partial charge in [-0.2, -0.15) is 4.98 Å². The van der Waals surface area contributed by atoms with Crippen LogP contribution in [0, 0.1) is 0 Å². The summed E-state index contributed by atoms with van der Waals surface area (Å²) >= 11 is 7.82. The molecule has 2 aromatic rings. The predicted octanol–water partition coefficient (Wildman–Crippen LogP) is 1.74. The first kappa shape index (κ1) is 21.2. The number of thiophene rings is 1. The van der Waals surface area contributed by atoms with Crippen molar-refractivity contribution >= 4 is 49.0 Å². The van der Waals surface area contributed by atoms with Gasteiger partial charge in [-0.25, -0.2) is 17.7 Å². The van der Waals surface area contributed by atoms with Crippen LogP contribution < -0.4 is 10.2 Å². The lowest BCUT2D eigenvalue weighted by atomic mass is 10.0. The molecule has 0 amide bonds. The van der Waals surface area contributed by atoms with Crippen molar-refractivity contribution in [3.8, 4) is 0 Å². The second kappa shape index (κ2) is 8.60. The first-order valence-corrected chi connectivity index (χ1v) is 12.8. The van der Waals surface area contributed by atoms with Crippen LogP contribution in [0.4, 0.5) is 5.82 Å². The molecule has 2 aliphatic heterocycles. The van der Waals surface area contributed by atoms with Gasteiger partial charge < -0.3 is 15.0 Å². The molecular weight excluding hydrogens is 434 g/mol. The minimum Gasteiger partial charge on any atom is -0.378 e. The highest BCUT2D eigenvalue weighted by Crippen LogP contribution is 2.35. The maximum absolute atomic E-state index is 12.2. The lowest BCUT2D eigenvalue weighted by Gasteiger charge is -2.31. The average molecular weight is 460 g/mol. The average Bonchev–Trinajstić information content (AvgIpc) is 3.34. The molecule has 2 fully saturated rings. The summed E-state index contributed by atoms with van der Waals surface area (Å²) in [7, 11) is -1.63. The third kappa shape index (κ3) is 4.67. The third-order valence-corrected chi connectivity index (χ3v) is 8.28. The molecule has 4 heterocycles. The van der Waals surface area contributed by atoms with Gasteiger partial charge in [-0.1, -0.05) is 0 Å². The number of anilines is 1. The number of fused-ring (bicyclic) bond motifs is 1. The molecule has 2 unspecified atom stereocenters. The molecule has 2 aromatic heterocycles. The maximum atomic E-state index is 12.2. The topological polar surface area (TPSA) is 87.7 Å². The van der Waals surface area contributed by atoms with Crippen molar-refractivity contribution in [1.29, 1.82) is 0 Å². The molecule has 0 radical (unpaired) electrons. The Morgan fingerprint density at radius 1 is 1.41 bits per heavy atom. The Morgan fingerprint density at radius 3 is 2.83 bits per heavy atom. The maximum Gasteiger partial charge on any atom is 0.224 e. The summed E-state index contributed by atoms with van der Waals surface area (Å²) in [6, 6.07) is 2.03. The first-order valence-electron chi connectivity index (χ1n) is 9.78. The van der Waals surface area contributed by atoms with E-state index in [1.165, 1.54) is 10.6 Å². The lowest BCUT2D eigenvalue weighted by molar-refractivity contribution is 0.122. The zero-order valence-corrected chi connectivity index (χ0v) is 19.0. The van der Waals surface area contributed by atoms with Crippen LogP contribution in [0.5, 0.6) is 0 Å². The molecule has 0 aliphatic carbocycles. The van der Waals surface area contributed by atoms with E-state index in [9.17, 15) is 8.42 Å². The second-order valence-corrected chi connectivity index (χ2v) is 11.1. The predicted molar refractivity (Wildman–Crippen MR) is 117 cm³/mol. The van der Waals surface area contributed by atoms with Crippen LogP contribution in [0.2, 0.25) is 5.28 Å². The van der Waals surface area contributed by atoms with E-state index < -0.39 is 10.0 Å². The number of halogens is 1. The molecule has 4 rings (SSSR count). The quantitative estimate of drug-likeness (QED) is 0.658. The largest absolute Gasteiger partial charge is 0.378 e. The van der Waals surface area contributed by atoms with E-state index in [1.807, 2.05) is 6.07 Å². The molecule has 2 atom stereocenters. The number of likely N-dealkylation sites (N-methyl/N-ethyl adjacent to an activating group) is 1. The van der Waals surface area contributed by atoms with Crippen LogP contribution >= 0.6 is 22.9 Å². The second-order valence-electron chi connectivity index (χ2n) is 7.60. The van der Waals surface area contributed by atoms with E-state index in [2.05, 4.69) is 20.2 Å². The van der Waals surface area contributed by atoms with Crippen LogP contribution in [0.15, 0.2) is 6.07 Å². The van der Waals surface area contributed by atoms with E-state index >= 15 is 0 Å². The summed E-state index contributed by atoms with van der Waals surface area (Å²) in [6.07, 6.45) is 3.93. The van der Waals surface area contributed by atoms with Crippen molar-refractivity contribution < 1.29 is 13.2 Å². The number of ether oxygens (including phenoxy) is 1. The normalized spacial score (nSPS) is 21.9. The zero-order valence-electron chi connectivity index (χ0n) is 16.6. The van der Waals surface area contributed by atoms with Gasteiger partial charge in [-0.15, -0.1) is 11.3 Å². The monoisotopic (exact) mass is 459 g/mol. The Morgan fingerprint density at radius 2 is 2.17 bits per heavy atom. The summed E-state index contributed by atoms with van der Waals surface area (Å²) in [5, 5.41) is 3.69. The molecule has 0 aromatic carbocycles. The van der Waals surface area contributed by atoms with Crippen LogP contribution in [-0.2, 0) is 21.2 Å². The number of nitrogens with one attached hydrogen (secondary N) is 1. The number of hydrogen-bond acceptors (Lipinski definition) is 8. The molecule has 0 bridgehead atoms. The standard InChI is InChI=1S/C18H26ClN5O3S2/c1-23(29(2,25)26)15(13-4-3-5-20-13)11-12-10-14-16(28-12)17(22-18(19)21-14)24-6-8-27-9-7-24/h10,13,15,20H,3-9,11H2,1-2H3. The molecule has 160 valence electrons. The zero-order chi connectivity index (χ0) is 20.6. The SMILES string of the molecule is CN(C(Cc1cc2nc(Cl)nc(N3CCOCC3)c2s1)C1CCCN1)S(C)(=O)=O. The number of morpholine rings is 1. The van der Waals surface area contributed by atoms with E-state index in [0.29, 0.717) is 19.6 Å². The molecular formula is C18H26ClN5O3S2. The summed E-state index contributed by atoms with van der Waals surface area (Å²) in [4.78, 5) is 12.2. The number of rotatable bonds is 6. The van der Waals surface area contributed by atoms with Crippen molar-refractivity contribution in [2.45, 2.75) is 31.3 Å². The summed E-state index contributed by atoms with van der Waals surface area (Å²) in [5.74, 6) is 0.839. The van der Waals surface area contributed by atoms with Crippen LogP contribution in [0.25, 0.3) is 10.2 Å². The number of sulfonamides is 1. The fourth-order valence-corrected chi connectivity index (χ4v) is 6.09. The molecule has 0 spiro atoms. The van der Waals surface area contributed by atoms with Crippen LogP contribution in [-0.4, -0.2) is 80.9 Å². The van der Waals surface area contributed by atoms with Gasteiger partial charge in [-0.3, -0.25) is 0 Å². The number of nitrogens with zero attached hydrogens (tertiary/aromatic N) is 4. The van der Waals surface area contributed by atoms with E-state index in [4.69, 9.17) is 16.3 Å². The molecule has 29 heavy (non-hydrogen) atoms. The minimum atomic E-state index is -3.29. The van der Waals surface area contributed by atoms with Crippen molar-refractivity contribution in [1.82, 2.24) is 19.6 Å². The van der Waals surface area contributed by atoms with Gasteiger partial charge >= 0.3 is 0 Å². The smallest absolute Gasteiger partial charge is 0.224 e. The van der Waals surface area contributed by atoms with Gasteiger partial charge in [0.15, 0.2) is 5.82 Å². The molecule has 0 saturated carbocycles. The molecule has 8 nitrogen and oxygen atoms in total. The van der Waals surface area contributed by atoms with Gasteiger partial charge in [0, 0.05) is 43.5 Å². The van der Waals surface area contributed by atoms with Gasteiger partial charge in [0.2, 0.25) is 15.3 Å². The van der Waals surface area contributed by atoms with Gasteiger partial charge in [0.1, 0.15) is 0 Å². The molecule has 2 saturated heterocycles. The van der Waals surface area contributed by atoms with Crippen molar-refractivity contribution in [2.24, 2.45) is 0 Å². The minimum absolute atomic E-state index is 0.143. The van der Waals surface area contributed by atoms with Crippen molar-refractivity contribution in [3.63, 3.8) is 0 Å². The van der Waals surface area contributed by atoms with Gasteiger partial charge in [0.25, 0.3) is 0 Å². The molecule has 11 heteroatoms. The van der Waals surface area contributed by atoms with Crippen LogP contribution in [0.3, 0.4) is 0 Å². The summed E-state index contributed by atoms with van der Waals surface area (Å²) < 4.78 is 32.4. The first-order chi connectivity index (χ1) is 13.8. The highest BCUT2D eigenvalue weighted by atomic mass is 35.5. The number of aromatic nitrogens is 2. The van der Waals surface area contributed by atoms with E-state index in [0.717, 1.165) is 53.4 Å². The molecule has 1 N–H and O–H groups in total. The fraction of sp³-hybridized carbons (Fsp3) is 0.667. The summed E-state index contributed by atoms with van der Waals surface area (Å²) in [6.45, 7) is 3.78. The third-order valence-electron chi connectivity index (χ3n) is 5.65. The Kier molecular flexibility index (Phi) is 6.29. The Hall–Kier alpha value is -1.04. The van der Waals surface area contributed by atoms with E-state index in [1.54, 1.807) is 18.4 Å². The Bertz CT molecular complexity index is 971. The number of hydrogen-bond donors (Lipinski definition) is 1. The lowest BCUT2D eigenvalue weighted by Crippen LogP contribution is -2.49. The van der Waals surface area contributed by atoms with E-state index in [-0.39, 0.29) is 17.4 Å². The Labute approximate surface area is 180 Å². The van der Waals surface area contributed by atoms with Gasteiger partial charge in [-0.05, 0) is 37.1 Å². The van der Waals surface area contributed by atoms with Gasteiger partial charge in [0.05, 0.1) is 29.7 Å². The summed E-state index contributed by atoms with van der Waals surface area (Å²) in [5.41, 5.74) is 0.812. The van der Waals surface area contributed by atoms with Crippen molar-refractivity contribution in [2.75, 3.05) is 51.1 Å². The Balaban J connectivity index is 1.67. The highest BCUT2D eigenvalue weighted by molar-refractivity contribution is 7.88. The fourth-order valence-electron chi connectivity index (χ4n) is 4.04. The highest BCUT2D eigenvalue weighted by Gasteiger charge is 2.33.